The Kier molecular flexibility index (Phi) is 6.44. The second-order valence-electron chi connectivity index (χ2n) is 7.01. The Morgan fingerprint density at radius 2 is 1.67 bits per heavy atom. The summed E-state index contributed by atoms with van der Waals surface area (Å²) in [6, 6.07) is 16.0. The number of amides is 4. The number of para-hydroxylation sites is 1. The van der Waals surface area contributed by atoms with Crippen LogP contribution in [0, 0.1) is 5.82 Å². The summed E-state index contributed by atoms with van der Waals surface area (Å²) < 4.78 is 19.0. The number of urea groups is 1. The number of hydrogen-bond donors (Lipinski definition) is 1. The zero-order valence-electron chi connectivity index (χ0n) is 16.8. The van der Waals surface area contributed by atoms with E-state index in [1.54, 1.807) is 42.5 Å². The molecule has 1 aliphatic heterocycles. The quantitative estimate of drug-likeness (QED) is 0.389. The summed E-state index contributed by atoms with van der Waals surface area (Å²) in [5.74, 6) is -1.89. The van der Waals surface area contributed by atoms with E-state index in [0.717, 1.165) is 4.90 Å². The third-order valence-corrected chi connectivity index (χ3v) is 5.25. The number of rotatable bonds is 5. The lowest BCUT2D eigenvalue weighted by Gasteiger charge is -2.26. The minimum absolute atomic E-state index is 0.0482. The van der Waals surface area contributed by atoms with E-state index in [4.69, 9.17) is 27.9 Å². The highest BCUT2D eigenvalue weighted by Gasteiger charge is 2.37. The van der Waals surface area contributed by atoms with E-state index in [2.05, 4.69) is 5.32 Å². The number of halogens is 3. The maximum Gasteiger partial charge on any atom is 0.335 e. The number of ether oxygens (including phenoxy) is 1. The van der Waals surface area contributed by atoms with Crippen molar-refractivity contribution in [1.82, 2.24) is 5.32 Å². The highest BCUT2D eigenvalue weighted by molar-refractivity contribution is 6.40. The topological polar surface area (TPSA) is 75.7 Å². The molecule has 0 saturated carbocycles. The number of carbonyl (C=O) groups is 3. The van der Waals surface area contributed by atoms with Crippen molar-refractivity contribution in [2.45, 2.75) is 6.61 Å². The van der Waals surface area contributed by atoms with Gasteiger partial charge in [-0.3, -0.25) is 14.9 Å². The van der Waals surface area contributed by atoms with Crippen LogP contribution in [0.25, 0.3) is 6.08 Å². The van der Waals surface area contributed by atoms with Crippen LogP contribution in [-0.4, -0.2) is 17.8 Å². The molecule has 0 unspecified atom stereocenters. The Morgan fingerprint density at radius 3 is 2.36 bits per heavy atom. The van der Waals surface area contributed by atoms with E-state index in [0.29, 0.717) is 11.3 Å². The van der Waals surface area contributed by atoms with Crippen molar-refractivity contribution in [3.8, 4) is 5.75 Å². The highest BCUT2D eigenvalue weighted by atomic mass is 35.5. The summed E-state index contributed by atoms with van der Waals surface area (Å²) in [6.45, 7) is 0.0482. The number of hydrogen-bond acceptors (Lipinski definition) is 4. The van der Waals surface area contributed by atoms with Crippen molar-refractivity contribution in [2.75, 3.05) is 4.90 Å². The molecule has 0 aliphatic carbocycles. The monoisotopic (exact) mass is 484 g/mol. The molecule has 1 saturated heterocycles. The number of anilines is 1. The molecular formula is C24H15Cl2FN2O4. The molecule has 3 aromatic carbocycles. The maximum absolute atomic E-state index is 13.2. The van der Waals surface area contributed by atoms with Crippen molar-refractivity contribution >= 4 is 52.8 Å². The van der Waals surface area contributed by atoms with Gasteiger partial charge in [0.1, 0.15) is 23.7 Å². The van der Waals surface area contributed by atoms with Crippen LogP contribution in [0.2, 0.25) is 10.0 Å². The van der Waals surface area contributed by atoms with Gasteiger partial charge in [0, 0.05) is 10.6 Å². The van der Waals surface area contributed by atoms with Crippen LogP contribution < -0.4 is 15.0 Å². The SMILES string of the molecule is O=C1NC(=O)N(c2ccccc2)C(=O)/C1=C/c1cc(Cl)cc(Cl)c1OCc1ccc(F)cc1. The third-order valence-electron chi connectivity index (χ3n) is 4.75. The van der Waals surface area contributed by atoms with E-state index < -0.39 is 17.8 Å². The molecule has 4 amide bonds. The van der Waals surface area contributed by atoms with E-state index in [1.165, 1.54) is 30.3 Å². The Morgan fingerprint density at radius 1 is 0.970 bits per heavy atom. The van der Waals surface area contributed by atoms with Gasteiger partial charge in [0.15, 0.2) is 0 Å². The van der Waals surface area contributed by atoms with Gasteiger partial charge in [0.2, 0.25) is 0 Å². The average molecular weight is 485 g/mol. The molecule has 1 heterocycles. The van der Waals surface area contributed by atoms with Crippen molar-refractivity contribution < 1.29 is 23.5 Å². The zero-order valence-corrected chi connectivity index (χ0v) is 18.4. The number of barbiturate groups is 1. The first-order valence-electron chi connectivity index (χ1n) is 9.66. The Balaban J connectivity index is 1.70. The van der Waals surface area contributed by atoms with Gasteiger partial charge in [-0.05, 0) is 48.0 Å². The first kappa shape index (κ1) is 22.5. The van der Waals surface area contributed by atoms with Crippen molar-refractivity contribution in [3.63, 3.8) is 0 Å². The number of nitrogens with zero attached hydrogens (tertiary/aromatic N) is 1. The molecule has 1 aliphatic rings. The lowest BCUT2D eigenvalue weighted by molar-refractivity contribution is -0.122. The molecule has 9 heteroatoms. The lowest BCUT2D eigenvalue weighted by Crippen LogP contribution is -2.54. The third kappa shape index (κ3) is 4.89. The zero-order chi connectivity index (χ0) is 23.5. The van der Waals surface area contributed by atoms with Crippen LogP contribution in [0.1, 0.15) is 11.1 Å². The molecule has 1 fully saturated rings. The van der Waals surface area contributed by atoms with E-state index in [1.807, 2.05) is 0 Å². The predicted octanol–water partition coefficient (Wildman–Crippen LogP) is 5.38. The van der Waals surface area contributed by atoms with Gasteiger partial charge in [-0.2, -0.15) is 0 Å². The second-order valence-corrected chi connectivity index (χ2v) is 7.86. The fourth-order valence-electron chi connectivity index (χ4n) is 3.20. The molecule has 0 bridgehead atoms. The molecule has 33 heavy (non-hydrogen) atoms. The number of carbonyl (C=O) groups excluding carboxylic acids is 3. The summed E-state index contributed by atoms with van der Waals surface area (Å²) in [6.07, 6.45) is 1.26. The average Bonchev–Trinajstić information content (AvgIpc) is 2.77. The normalized spacial score (nSPS) is 15.1. The number of nitrogens with one attached hydrogen (secondary N) is 1. The second kappa shape index (κ2) is 9.44. The van der Waals surface area contributed by atoms with Gasteiger partial charge >= 0.3 is 6.03 Å². The Hall–Kier alpha value is -3.68. The van der Waals surface area contributed by atoms with Gasteiger partial charge in [0.25, 0.3) is 11.8 Å². The summed E-state index contributed by atoms with van der Waals surface area (Å²) in [4.78, 5) is 38.8. The Bertz CT molecular complexity index is 1280. The fourth-order valence-corrected chi connectivity index (χ4v) is 3.76. The van der Waals surface area contributed by atoms with Crippen molar-refractivity contribution in [3.05, 3.63) is 99.3 Å². The minimum atomic E-state index is -0.863. The van der Waals surface area contributed by atoms with Crippen LogP contribution in [0.15, 0.2) is 72.3 Å². The standard InChI is InChI=1S/C24H15Cl2FN2O4/c25-16-10-15(21(20(26)12-16)33-13-14-6-8-17(27)9-7-14)11-19-22(30)28-24(32)29(23(19)31)18-4-2-1-3-5-18/h1-12H,13H2,(H,28,30,32)/b19-11+. The smallest absolute Gasteiger partial charge is 0.335 e. The summed E-state index contributed by atoms with van der Waals surface area (Å²) in [7, 11) is 0. The highest BCUT2D eigenvalue weighted by Crippen LogP contribution is 2.35. The number of benzene rings is 3. The molecule has 166 valence electrons. The van der Waals surface area contributed by atoms with E-state index in [9.17, 15) is 18.8 Å². The fraction of sp³-hybridized carbons (Fsp3) is 0.0417. The van der Waals surface area contributed by atoms with Gasteiger partial charge in [-0.25, -0.2) is 14.1 Å². The molecule has 0 radical (unpaired) electrons. The molecule has 6 nitrogen and oxygen atoms in total. The first-order valence-corrected chi connectivity index (χ1v) is 10.4. The van der Waals surface area contributed by atoms with E-state index in [-0.39, 0.29) is 39.4 Å². The van der Waals surface area contributed by atoms with Crippen molar-refractivity contribution in [2.24, 2.45) is 0 Å². The molecule has 1 N–H and O–H groups in total. The van der Waals surface area contributed by atoms with Crippen LogP contribution in [0.4, 0.5) is 14.9 Å². The predicted molar refractivity (Wildman–Crippen MR) is 123 cm³/mol. The maximum atomic E-state index is 13.2. The Labute approximate surface area is 198 Å². The van der Waals surface area contributed by atoms with E-state index >= 15 is 0 Å². The molecule has 0 atom stereocenters. The summed E-state index contributed by atoms with van der Waals surface area (Å²) in [5, 5.41) is 2.56. The van der Waals surface area contributed by atoms with Gasteiger partial charge in [-0.1, -0.05) is 53.5 Å². The molecule has 4 rings (SSSR count). The van der Waals surface area contributed by atoms with Gasteiger partial charge in [-0.15, -0.1) is 0 Å². The number of imide groups is 2. The molecule has 0 spiro atoms. The van der Waals surface area contributed by atoms with Crippen LogP contribution >= 0.6 is 23.2 Å². The van der Waals surface area contributed by atoms with Crippen LogP contribution in [0.3, 0.4) is 0 Å². The van der Waals surface area contributed by atoms with Crippen LogP contribution in [-0.2, 0) is 16.2 Å². The van der Waals surface area contributed by atoms with Crippen molar-refractivity contribution in [1.29, 1.82) is 0 Å². The molecule has 0 aromatic heterocycles. The summed E-state index contributed by atoms with van der Waals surface area (Å²) >= 11 is 12.4. The van der Waals surface area contributed by atoms with Gasteiger partial charge < -0.3 is 4.74 Å². The summed E-state index contributed by atoms with van der Waals surface area (Å²) in [5.41, 5.74) is 0.933. The first-order chi connectivity index (χ1) is 15.8. The van der Waals surface area contributed by atoms with Crippen LogP contribution in [0.5, 0.6) is 5.75 Å². The molecule has 3 aromatic rings. The minimum Gasteiger partial charge on any atom is -0.487 e. The molecular weight excluding hydrogens is 470 g/mol. The lowest BCUT2D eigenvalue weighted by atomic mass is 10.1. The van der Waals surface area contributed by atoms with Gasteiger partial charge in [0.05, 0.1) is 10.7 Å². The largest absolute Gasteiger partial charge is 0.487 e.